The van der Waals surface area contributed by atoms with Crippen molar-refractivity contribution in [1.82, 2.24) is 0 Å². The zero-order valence-corrected chi connectivity index (χ0v) is 10.2. The van der Waals surface area contributed by atoms with Crippen molar-refractivity contribution < 1.29 is 9.47 Å². The average Bonchev–Trinajstić information content (AvgIpc) is 2.16. The summed E-state index contributed by atoms with van der Waals surface area (Å²) in [6.07, 6.45) is 6.80. The molecule has 15 heavy (non-hydrogen) atoms. The Morgan fingerprint density at radius 1 is 1.27 bits per heavy atom. The number of rotatable bonds is 6. The number of alkyl halides is 1. The molecule has 3 atom stereocenters. The van der Waals surface area contributed by atoms with Crippen LogP contribution in [0.4, 0.5) is 0 Å². The van der Waals surface area contributed by atoms with E-state index in [9.17, 15) is 0 Å². The van der Waals surface area contributed by atoms with E-state index in [1.807, 2.05) is 6.92 Å². The molecule has 0 saturated heterocycles. The Bertz CT molecular complexity index is 194. The predicted octanol–water partition coefficient (Wildman–Crippen LogP) is 2.98. The molecule has 0 aromatic carbocycles. The van der Waals surface area contributed by atoms with Gasteiger partial charge in [-0.2, -0.15) is 0 Å². The van der Waals surface area contributed by atoms with Crippen LogP contribution in [0, 0.1) is 5.92 Å². The summed E-state index contributed by atoms with van der Waals surface area (Å²) in [5.41, 5.74) is 0. The fraction of sp³-hybridized carbons (Fsp3) is 1.00. The van der Waals surface area contributed by atoms with E-state index in [2.05, 4.69) is 0 Å². The lowest BCUT2D eigenvalue weighted by molar-refractivity contribution is -0.124. The monoisotopic (exact) mass is 232 g/mol. The van der Waals surface area contributed by atoms with E-state index in [1.54, 1.807) is 0 Å². The molecule has 0 heterocycles. The lowest BCUT2D eigenvalue weighted by atomic mass is 9.83. The van der Waals surface area contributed by atoms with E-state index in [0.717, 1.165) is 25.6 Å². The van der Waals surface area contributed by atoms with Crippen molar-refractivity contribution >= 4 is 11.6 Å². The van der Waals surface area contributed by atoms with E-state index in [0.29, 0.717) is 0 Å². The smallest absolute Gasteiger partial charge is 0.100 e. The third-order valence-electron chi connectivity index (χ3n) is 3.62. The van der Waals surface area contributed by atoms with Crippen molar-refractivity contribution in [2.45, 2.75) is 56.6 Å². The fourth-order valence-electron chi connectivity index (χ4n) is 2.26. The molecular weight excluding hydrogens is 212 g/mol. The van der Waals surface area contributed by atoms with Gasteiger partial charge in [-0.05, 0) is 25.7 Å². The van der Waals surface area contributed by atoms with Crippen LogP contribution in [0.3, 0.4) is 0 Å². The Balaban J connectivity index is 1.58. The number of halogens is 1. The summed E-state index contributed by atoms with van der Waals surface area (Å²) in [7, 11) is 0. The third-order valence-corrected chi connectivity index (χ3v) is 4.05. The SMILES string of the molecule is CCOC1C(Cl)CC1OCCC1CCC1. The van der Waals surface area contributed by atoms with E-state index >= 15 is 0 Å². The Morgan fingerprint density at radius 3 is 2.60 bits per heavy atom. The second kappa shape index (κ2) is 5.51. The molecule has 2 aliphatic rings. The molecule has 88 valence electrons. The molecule has 2 rings (SSSR count). The largest absolute Gasteiger partial charge is 0.375 e. The maximum absolute atomic E-state index is 6.06. The molecule has 3 unspecified atom stereocenters. The molecule has 2 aliphatic carbocycles. The highest BCUT2D eigenvalue weighted by Gasteiger charge is 2.41. The van der Waals surface area contributed by atoms with Gasteiger partial charge in [0.1, 0.15) is 6.10 Å². The molecule has 2 nitrogen and oxygen atoms in total. The maximum Gasteiger partial charge on any atom is 0.100 e. The second-order valence-electron chi connectivity index (χ2n) is 4.67. The molecule has 2 fully saturated rings. The van der Waals surface area contributed by atoms with E-state index in [4.69, 9.17) is 21.1 Å². The molecule has 0 bridgehead atoms. The van der Waals surface area contributed by atoms with Crippen molar-refractivity contribution in [3.63, 3.8) is 0 Å². The molecule has 0 spiro atoms. The van der Waals surface area contributed by atoms with Gasteiger partial charge in [0.25, 0.3) is 0 Å². The highest BCUT2D eigenvalue weighted by Crippen LogP contribution is 2.33. The molecule has 0 radical (unpaired) electrons. The van der Waals surface area contributed by atoms with Gasteiger partial charge in [-0.3, -0.25) is 0 Å². The van der Waals surface area contributed by atoms with Crippen LogP contribution in [0.15, 0.2) is 0 Å². The zero-order valence-electron chi connectivity index (χ0n) is 9.45. The molecule has 2 saturated carbocycles. The average molecular weight is 233 g/mol. The minimum absolute atomic E-state index is 0.137. The summed E-state index contributed by atoms with van der Waals surface area (Å²) in [6.45, 7) is 3.63. The van der Waals surface area contributed by atoms with Gasteiger partial charge in [-0.15, -0.1) is 11.6 Å². The highest BCUT2D eigenvalue weighted by molar-refractivity contribution is 6.21. The first kappa shape index (κ1) is 11.7. The minimum Gasteiger partial charge on any atom is -0.375 e. The predicted molar refractivity (Wildman–Crippen MR) is 61.4 cm³/mol. The summed E-state index contributed by atoms with van der Waals surface area (Å²) >= 11 is 6.06. The Labute approximate surface area is 97.3 Å². The van der Waals surface area contributed by atoms with Crippen molar-refractivity contribution in [3.8, 4) is 0 Å². The standard InChI is InChI=1S/C12H21ClO2/c1-2-14-12-10(13)8-11(12)15-7-6-9-4-3-5-9/h9-12H,2-8H2,1H3. The van der Waals surface area contributed by atoms with Gasteiger partial charge in [-0.1, -0.05) is 19.3 Å². The highest BCUT2D eigenvalue weighted by atomic mass is 35.5. The molecular formula is C12H21ClO2. The van der Waals surface area contributed by atoms with Gasteiger partial charge in [0.05, 0.1) is 11.5 Å². The summed E-state index contributed by atoms with van der Waals surface area (Å²) in [5.74, 6) is 0.933. The van der Waals surface area contributed by atoms with E-state index < -0.39 is 0 Å². The van der Waals surface area contributed by atoms with Crippen molar-refractivity contribution in [2.24, 2.45) is 5.92 Å². The van der Waals surface area contributed by atoms with Crippen LogP contribution >= 0.6 is 11.6 Å². The van der Waals surface area contributed by atoms with Crippen molar-refractivity contribution in [1.29, 1.82) is 0 Å². The molecule has 0 N–H and O–H groups in total. The van der Waals surface area contributed by atoms with Gasteiger partial charge in [0.15, 0.2) is 0 Å². The summed E-state index contributed by atoms with van der Waals surface area (Å²) in [4.78, 5) is 0. The first-order valence-electron chi connectivity index (χ1n) is 6.18. The molecule has 0 aromatic rings. The van der Waals surface area contributed by atoms with E-state index in [1.165, 1.54) is 25.7 Å². The van der Waals surface area contributed by atoms with Gasteiger partial charge < -0.3 is 9.47 Å². The summed E-state index contributed by atoms with van der Waals surface area (Å²) in [5, 5.41) is 0.165. The molecule has 3 heteroatoms. The van der Waals surface area contributed by atoms with Crippen LogP contribution in [0.25, 0.3) is 0 Å². The summed E-state index contributed by atoms with van der Waals surface area (Å²) < 4.78 is 11.4. The van der Waals surface area contributed by atoms with Crippen LogP contribution in [0.1, 0.15) is 39.0 Å². The maximum atomic E-state index is 6.06. The zero-order chi connectivity index (χ0) is 10.7. The van der Waals surface area contributed by atoms with Gasteiger partial charge in [0.2, 0.25) is 0 Å². The molecule has 0 amide bonds. The van der Waals surface area contributed by atoms with Crippen LogP contribution < -0.4 is 0 Å². The number of hydrogen-bond donors (Lipinski definition) is 0. The number of ether oxygens (including phenoxy) is 2. The Morgan fingerprint density at radius 2 is 2.07 bits per heavy atom. The fourth-order valence-corrected chi connectivity index (χ4v) is 2.67. The lowest BCUT2D eigenvalue weighted by Crippen LogP contribution is -2.51. The van der Waals surface area contributed by atoms with Crippen molar-refractivity contribution in [3.05, 3.63) is 0 Å². The lowest BCUT2D eigenvalue weighted by Gasteiger charge is -2.40. The normalized spacial score (nSPS) is 36.0. The number of hydrogen-bond acceptors (Lipinski definition) is 2. The van der Waals surface area contributed by atoms with Crippen molar-refractivity contribution in [2.75, 3.05) is 13.2 Å². The quantitative estimate of drug-likeness (QED) is 0.656. The van der Waals surface area contributed by atoms with Crippen LogP contribution in [-0.2, 0) is 9.47 Å². The van der Waals surface area contributed by atoms with Gasteiger partial charge >= 0.3 is 0 Å². The molecule has 0 aromatic heterocycles. The van der Waals surface area contributed by atoms with Gasteiger partial charge in [-0.25, -0.2) is 0 Å². The first-order chi connectivity index (χ1) is 7.31. The van der Waals surface area contributed by atoms with Crippen LogP contribution in [0.5, 0.6) is 0 Å². The minimum atomic E-state index is 0.137. The Kier molecular flexibility index (Phi) is 4.30. The topological polar surface area (TPSA) is 18.5 Å². The summed E-state index contributed by atoms with van der Waals surface area (Å²) in [6, 6.07) is 0. The van der Waals surface area contributed by atoms with E-state index in [-0.39, 0.29) is 17.6 Å². The second-order valence-corrected chi connectivity index (χ2v) is 5.23. The van der Waals surface area contributed by atoms with Crippen LogP contribution in [-0.4, -0.2) is 30.8 Å². The van der Waals surface area contributed by atoms with Crippen LogP contribution in [0.2, 0.25) is 0 Å². The first-order valence-corrected chi connectivity index (χ1v) is 6.62. The third kappa shape index (κ3) is 2.86. The van der Waals surface area contributed by atoms with Gasteiger partial charge in [0, 0.05) is 13.2 Å². The Hall–Kier alpha value is 0.210. The molecule has 0 aliphatic heterocycles.